The first-order chi connectivity index (χ1) is 6.84. The molecule has 1 aromatic carbocycles. The quantitative estimate of drug-likeness (QED) is 0.642. The summed E-state index contributed by atoms with van der Waals surface area (Å²) in [5.74, 6) is 0.385. The van der Waals surface area contributed by atoms with Crippen molar-refractivity contribution in [3.05, 3.63) is 34.7 Å². The summed E-state index contributed by atoms with van der Waals surface area (Å²) in [4.78, 5) is 11.4. The van der Waals surface area contributed by atoms with E-state index in [9.17, 15) is 4.79 Å². The molecule has 1 aliphatic rings. The van der Waals surface area contributed by atoms with Gasteiger partial charge in [0, 0.05) is 17.5 Å². The van der Waals surface area contributed by atoms with Crippen LogP contribution < -0.4 is 0 Å². The fourth-order valence-electron chi connectivity index (χ4n) is 2.15. The van der Waals surface area contributed by atoms with E-state index < -0.39 is 0 Å². The number of carbonyl (C=O) groups is 1. The van der Waals surface area contributed by atoms with Crippen molar-refractivity contribution in [2.75, 3.05) is 0 Å². The number of aryl methyl sites for hydroxylation is 1. The lowest BCUT2D eigenvalue weighted by Crippen LogP contribution is -2.13. The molecule has 0 spiro atoms. The van der Waals surface area contributed by atoms with Crippen LogP contribution in [0.15, 0.2) is 23.6 Å². The van der Waals surface area contributed by atoms with Crippen molar-refractivity contribution < 1.29 is 4.79 Å². The summed E-state index contributed by atoms with van der Waals surface area (Å²) in [5.41, 5.74) is 2.65. The van der Waals surface area contributed by atoms with Crippen LogP contribution in [0.2, 0.25) is 0 Å². The minimum absolute atomic E-state index is 0.385. The lowest BCUT2D eigenvalue weighted by Gasteiger charge is -2.15. The van der Waals surface area contributed by atoms with Gasteiger partial charge in [0.15, 0.2) is 0 Å². The number of hydrogen-bond donors (Lipinski definition) is 0. The summed E-state index contributed by atoms with van der Waals surface area (Å²) in [6.45, 7) is 0. The van der Waals surface area contributed by atoms with Gasteiger partial charge in [0.05, 0.1) is 0 Å². The Balaban J connectivity index is 2.31. The molecule has 0 fully saturated rings. The van der Waals surface area contributed by atoms with Gasteiger partial charge >= 0.3 is 0 Å². The Morgan fingerprint density at radius 3 is 3.00 bits per heavy atom. The van der Waals surface area contributed by atoms with Crippen LogP contribution in [0.1, 0.15) is 17.5 Å². The van der Waals surface area contributed by atoms with E-state index in [1.54, 1.807) is 11.3 Å². The third-order valence-electron chi connectivity index (χ3n) is 2.89. The number of carbonyl (C=O) groups excluding carboxylic acids is 1. The van der Waals surface area contributed by atoms with Gasteiger partial charge in [-0.15, -0.1) is 11.3 Å². The molecule has 70 valence electrons. The summed E-state index contributed by atoms with van der Waals surface area (Å²) < 4.78 is 1.30. The van der Waals surface area contributed by atoms with Gasteiger partial charge in [0.25, 0.3) is 0 Å². The normalized spacial score (nSPS) is 15.9. The van der Waals surface area contributed by atoms with E-state index in [4.69, 9.17) is 0 Å². The van der Waals surface area contributed by atoms with Crippen LogP contribution in [0.25, 0.3) is 10.1 Å². The van der Waals surface area contributed by atoms with Crippen molar-refractivity contribution in [1.82, 2.24) is 0 Å². The van der Waals surface area contributed by atoms with Crippen LogP contribution in [-0.2, 0) is 17.6 Å². The maximum absolute atomic E-state index is 11.4. The number of benzene rings is 1. The second-order valence-corrected chi connectivity index (χ2v) is 4.70. The van der Waals surface area contributed by atoms with Crippen molar-refractivity contribution in [1.29, 1.82) is 0 Å². The summed E-state index contributed by atoms with van der Waals surface area (Å²) in [6.07, 6.45) is 2.30. The van der Waals surface area contributed by atoms with Gasteiger partial charge in [-0.25, -0.2) is 0 Å². The van der Waals surface area contributed by atoms with Gasteiger partial charge in [-0.05, 0) is 40.4 Å². The molecule has 0 N–H and O–H groups in total. The second-order valence-electron chi connectivity index (χ2n) is 3.75. The van der Waals surface area contributed by atoms with Crippen LogP contribution in [-0.4, -0.2) is 5.78 Å². The Labute approximate surface area is 86.4 Å². The Kier molecular flexibility index (Phi) is 1.71. The summed E-state index contributed by atoms with van der Waals surface area (Å²) in [6, 6.07) is 6.49. The largest absolute Gasteiger partial charge is 0.299 e. The SMILES string of the molecule is O=C1CCc2ccc3sccc3c2C1. The molecule has 0 saturated carbocycles. The molecule has 0 atom stereocenters. The average molecular weight is 202 g/mol. The minimum atomic E-state index is 0.385. The molecule has 2 aromatic rings. The van der Waals surface area contributed by atoms with Crippen LogP contribution in [0.4, 0.5) is 0 Å². The maximum Gasteiger partial charge on any atom is 0.137 e. The number of thiophene rings is 1. The first-order valence-corrected chi connectivity index (χ1v) is 5.72. The first kappa shape index (κ1) is 8.18. The first-order valence-electron chi connectivity index (χ1n) is 4.84. The molecule has 2 heteroatoms. The highest BCUT2D eigenvalue weighted by Gasteiger charge is 2.17. The van der Waals surface area contributed by atoms with E-state index in [1.807, 2.05) is 0 Å². The molecule has 0 bridgehead atoms. The summed E-state index contributed by atoms with van der Waals surface area (Å²) >= 11 is 1.75. The number of ketones is 1. The Morgan fingerprint density at radius 1 is 1.14 bits per heavy atom. The third kappa shape index (κ3) is 1.11. The number of hydrogen-bond acceptors (Lipinski definition) is 2. The van der Waals surface area contributed by atoms with Gasteiger partial charge in [-0.1, -0.05) is 6.07 Å². The molecule has 0 saturated heterocycles. The van der Waals surface area contributed by atoms with E-state index >= 15 is 0 Å². The van der Waals surface area contributed by atoms with E-state index in [1.165, 1.54) is 21.2 Å². The summed E-state index contributed by atoms with van der Waals surface area (Å²) in [5, 5.41) is 3.39. The lowest BCUT2D eigenvalue weighted by molar-refractivity contribution is -0.118. The van der Waals surface area contributed by atoms with Crippen molar-refractivity contribution >= 4 is 27.2 Å². The highest BCUT2D eigenvalue weighted by molar-refractivity contribution is 7.17. The standard InChI is InChI=1S/C12H10OS/c13-9-3-1-8-2-4-12-10(5-6-14-12)11(8)7-9/h2,4-6H,1,3,7H2. The molecule has 1 heterocycles. The Bertz CT molecular complexity index is 510. The van der Waals surface area contributed by atoms with Gasteiger partial charge in [-0.3, -0.25) is 4.79 Å². The molecule has 0 aliphatic heterocycles. The van der Waals surface area contributed by atoms with Gasteiger partial charge in [0.1, 0.15) is 5.78 Å². The molecule has 0 amide bonds. The molecule has 1 aromatic heterocycles. The highest BCUT2D eigenvalue weighted by Crippen LogP contribution is 2.30. The monoisotopic (exact) mass is 202 g/mol. The maximum atomic E-state index is 11.4. The average Bonchev–Trinajstić information content (AvgIpc) is 2.65. The molecule has 0 radical (unpaired) electrons. The van der Waals surface area contributed by atoms with Crippen LogP contribution >= 0.6 is 11.3 Å². The van der Waals surface area contributed by atoms with Crippen molar-refractivity contribution in [2.45, 2.75) is 19.3 Å². The van der Waals surface area contributed by atoms with Crippen molar-refractivity contribution in [3.8, 4) is 0 Å². The number of fused-ring (bicyclic) bond motifs is 3. The van der Waals surface area contributed by atoms with Crippen LogP contribution in [0.5, 0.6) is 0 Å². The van der Waals surface area contributed by atoms with Gasteiger partial charge < -0.3 is 0 Å². The minimum Gasteiger partial charge on any atom is -0.299 e. The Hall–Kier alpha value is -1.15. The van der Waals surface area contributed by atoms with Crippen molar-refractivity contribution in [3.63, 3.8) is 0 Å². The molecule has 1 aliphatic carbocycles. The topological polar surface area (TPSA) is 17.1 Å². The van der Waals surface area contributed by atoms with E-state index in [2.05, 4.69) is 23.6 Å². The van der Waals surface area contributed by atoms with Crippen LogP contribution in [0.3, 0.4) is 0 Å². The predicted octanol–water partition coefficient (Wildman–Crippen LogP) is 2.96. The van der Waals surface area contributed by atoms with E-state index in [0.29, 0.717) is 12.2 Å². The zero-order valence-corrected chi connectivity index (χ0v) is 8.56. The van der Waals surface area contributed by atoms with Gasteiger partial charge in [0.2, 0.25) is 0 Å². The molecule has 0 unspecified atom stereocenters. The predicted molar refractivity (Wildman–Crippen MR) is 58.9 cm³/mol. The van der Waals surface area contributed by atoms with Crippen LogP contribution in [0, 0.1) is 0 Å². The highest BCUT2D eigenvalue weighted by atomic mass is 32.1. The molecule has 3 rings (SSSR count). The van der Waals surface area contributed by atoms with E-state index in [-0.39, 0.29) is 0 Å². The van der Waals surface area contributed by atoms with Gasteiger partial charge in [-0.2, -0.15) is 0 Å². The summed E-state index contributed by atoms with van der Waals surface area (Å²) in [7, 11) is 0. The third-order valence-corrected chi connectivity index (χ3v) is 3.77. The zero-order valence-electron chi connectivity index (χ0n) is 7.75. The second kappa shape index (κ2) is 2.92. The Morgan fingerprint density at radius 2 is 2.07 bits per heavy atom. The fraction of sp³-hybridized carbons (Fsp3) is 0.250. The van der Waals surface area contributed by atoms with Crippen molar-refractivity contribution in [2.24, 2.45) is 0 Å². The smallest absolute Gasteiger partial charge is 0.137 e. The lowest BCUT2D eigenvalue weighted by atomic mass is 9.89. The molecular formula is C12H10OS. The molecular weight excluding hydrogens is 192 g/mol. The van der Waals surface area contributed by atoms with E-state index in [0.717, 1.165) is 12.8 Å². The number of rotatable bonds is 0. The number of Topliss-reactive ketones (excluding diaryl/α,β-unsaturated/α-hetero) is 1. The zero-order chi connectivity index (χ0) is 9.54. The fourth-order valence-corrected chi connectivity index (χ4v) is 2.97. The molecule has 14 heavy (non-hydrogen) atoms. The molecule has 1 nitrogen and oxygen atoms in total.